The predicted molar refractivity (Wildman–Crippen MR) is 119 cm³/mol. The molecule has 0 unspecified atom stereocenters. The topological polar surface area (TPSA) is 83.0 Å². The van der Waals surface area contributed by atoms with E-state index in [0.717, 1.165) is 80.8 Å². The van der Waals surface area contributed by atoms with Crippen molar-refractivity contribution in [3.63, 3.8) is 0 Å². The number of anilines is 1. The Hall–Kier alpha value is -2.46. The minimum absolute atomic E-state index is 0.0933. The summed E-state index contributed by atoms with van der Waals surface area (Å²) in [5.41, 5.74) is 2.47. The first-order chi connectivity index (χ1) is 15.2. The molecular weight excluding hydrogens is 414 g/mol. The van der Waals surface area contributed by atoms with Crippen LogP contribution in [0.1, 0.15) is 54.0 Å². The molecule has 0 saturated carbocycles. The smallest absolute Gasteiger partial charge is 0.274 e. The van der Waals surface area contributed by atoms with E-state index >= 15 is 0 Å². The Kier molecular flexibility index (Phi) is 5.91. The lowest BCUT2D eigenvalue weighted by molar-refractivity contribution is 0.0734. The first kappa shape index (κ1) is 20.4. The molecule has 1 amide bonds. The highest BCUT2D eigenvalue weighted by molar-refractivity contribution is 7.15. The van der Waals surface area contributed by atoms with E-state index in [-0.39, 0.29) is 5.91 Å². The molecule has 166 valence electrons. The van der Waals surface area contributed by atoms with Crippen molar-refractivity contribution >= 4 is 28.0 Å². The van der Waals surface area contributed by atoms with Crippen LogP contribution in [0.25, 0.3) is 4.96 Å². The van der Waals surface area contributed by atoms with Gasteiger partial charge in [0.05, 0.1) is 5.69 Å². The summed E-state index contributed by atoms with van der Waals surface area (Å²) < 4.78 is 6.96. The molecule has 2 aliphatic rings. The molecule has 10 heteroatoms. The molecule has 0 aromatic carbocycles. The molecule has 2 aliphatic heterocycles. The molecule has 0 N–H and O–H groups in total. The van der Waals surface area contributed by atoms with Gasteiger partial charge in [-0.2, -0.15) is 0 Å². The largest absolute Gasteiger partial charge is 0.350 e. The van der Waals surface area contributed by atoms with Crippen LogP contribution in [0.2, 0.25) is 0 Å². The van der Waals surface area contributed by atoms with Crippen molar-refractivity contribution in [2.75, 3.05) is 44.2 Å². The van der Waals surface area contributed by atoms with E-state index in [9.17, 15) is 4.79 Å². The number of carbonyl (C=O) groups excluding carboxylic acids is 1. The number of piperazine rings is 1. The summed E-state index contributed by atoms with van der Waals surface area (Å²) in [5, 5.41) is 9.97. The Balaban J connectivity index is 1.32. The molecule has 0 aliphatic carbocycles. The average Bonchev–Trinajstić information content (AvgIpc) is 3.45. The Bertz CT molecular complexity index is 1030. The summed E-state index contributed by atoms with van der Waals surface area (Å²) in [6, 6.07) is 0. The molecule has 0 atom stereocenters. The molecule has 5 heterocycles. The fourth-order valence-electron chi connectivity index (χ4n) is 4.60. The minimum atomic E-state index is 0.0933. The highest BCUT2D eigenvalue weighted by Crippen LogP contribution is 2.23. The van der Waals surface area contributed by atoms with Crippen LogP contribution in [0.5, 0.6) is 0 Å². The van der Waals surface area contributed by atoms with E-state index in [1.807, 2.05) is 23.4 Å². The molecule has 5 rings (SSSR count). The van der Waals surface area contributed by atoms with Crippen LogP contribution in [0.15, 0.2) is 16.2 Å². The number of rotatable bonds is 4. The highest BCUT2D eigenvalue weighted by atomic mass is 32.1. The van der Waals surface area contributed by atoms with Gasteiger partial charge in [0, 0.05) is 57.4 Å². The van der Waals surface area contributed by atoms with E-state index in [1.54, 1.807) is 11.3 Å². The molecule has 0 bridgehead atoms. The summed E-state index contributed by atoms with van der Waals surface area (Å²) >= 11 is 1.58. The fourth-order valence-corrected chi connectivity index (χ4v) is 5.33. The van der Waals surface area contributed by atoms with Crippen molar-refractivity contribution in [3.05, 3.63) is 28.7 Å². The Labute approximate surface area is 185 Å². The summed E-state index contributed by atoms with van der Waals surface area (Å²) in [6.45, 7) is 7.81. The van der Waals surface area contributed by atoms with E-state index in [0.29, 0.717) is 5.69 Å². The Morgan fingerprint density at radius 2 is 1.77 bits per heavy atom. The summed E-state index contributed by atoms with van der Waals surface area (Å²) in [4.78, 5) is 25.7. The highest BCUT2D eigenvalue weighted by Gasteiger charge is 2.28. The maximum Gasteiger partial charge on any atom is 0.274 e. The molecule has 9 nitrogen and oxygen atoms in total. The Morgan fingerprint density at radius 3 is 2.48 bits per heavy atom. The lowest BCUT2D eigenvalue weighted by Gasteiger charge is -2.34. The van der Waals surface area contributed by atoms with Gasteiger partial charge in [-0.15, -0.1) is 11.3 Å². The SMILES string of the molecule is Cc1nonc1N1CCN(Cc2c(C(=O)N3CCCCCCC3)nc3sccn23)CC1. The van der Waals surface area contributed by atoms with Gasteiger partial charge < -0.3 is 9.80 Å². The third-order valence-corrected chi connectivity index (χ3v) is 7.14. The molecule has 31 heavy (non-hydrogen) atoms. The number of likely N-dealkylation sites (tertiary alicyclic amines) is 1. The first-order valence-electron chi connectivity index (χ1n) is 11.2. The van der Waals surface area contributed by atoms with Crippen molar-refractivity contribution in [3.8, 4) is 0 Å². The summed E-state index contributed by atoms with van der Waals surface area (Å²) in [6.07, 6.45) is 7.90. The number of hydrogen-bond acceptors (Lipinski definition) is 8. The zero-order chi connectivity index (χ0) is 21.2. The maximum absolute atomic E-state index is 13.4. The van der Waals surface area contributed by atoms with Gasteiger partial charge in [-0.1, -0.05) is 24.4 Å². The van der Waals surface area contributed by atoms with Crippen LogP contribution in [0.4, 0.5) is 5.82 Å². The van der Waals surface area contributed by atoms with Crippen LogP contribution in [-0.2, 0) is 6.54 Å². The van der Waals surface area contributed by atoms with Gasteiger partial charge in [-0.3, -0.25) is 14.1 Å². The second-order valence-corrected chi connectivity index (χ2v) is 9.33. The third-order valence-electron chi connectivity index (χ3n) is 6.38. The second kappa shape index (κ2) is 8.96. The number of hydrogen-bond donors (Lipinski definition) is 0. The molecule has 2 saturated heterocycles. The van der Waals surface area contributed by atoms with Gasteiger partial charge in [0.1, 0.15) is 5.69 Å². The number of aromatic nitrogens is 4. The molecule has 2 fully saturated rings. The van der Waals surface area contributed by atoms with Gasteiger partial charge in [-0.05, 0) is 24.9 Å². The Morgan fingerprint density at radius 1 is 1.03 bits per heavy atom. The van der Waals surface area contributed by atoms with E-state index in [4.69, 9.17) is 9.61 Å². The fraction of sp³-hybridized carbons (Fsp3) is 0.619. The van der Waals surface area contributed by atoms with Gasteiger partial charge in [-0.25, -0.2) is 9.61 Å². The predicted octanol–water partition coefficient (Wildman–Crippen LogP) is 2.82. The molecule has 3 aromatic rings. The minimum Gasteiger partial charge on any atom is -0.350 e. The van der Waals surface area contributed by atoms with E-state index in [2.05, 4.69) is 24.5 Å². The van der Waals surface area contributed by atoms with Crippen LogP contribution < -0.4 is 4.90 Å². The van der Waals surface area contributed by atoms with Gasteiger partial charge in [0.2, 0.25) is 0 Å². The van der Waals surface area contributed by atoms with Crippen molar-refractivity contribution in [2.24, 2.45) is 0 Å². The molecule has 3 aromatic heterocycles. The van der Waals surface area contributed by atoms with Crippen molar-refractivity contribution in [1.82, 2.24) is 29.5 Å². The zero-order valence-corrected chi connectivity index (χ0v) is 18.8. The van der Waals surface area contributed by atoms with Crippen molar-refractivity contribution in [1.29, 1.82) is 0 Å². The first-order valence-corrected chi connectivity index (χ1v) is 12.1. The number of carbonyl (C=O) groups is 1. The lowest BCUT2D eigenvalue weighted by Crippen LogP contribution is -2.46. The van der Waals surface area contributed by atoms with E-state index < -0.39 is 0 Å². The molecular formula is C21H29N7O2S. The maximum atomic E-state index is 13.4. The third kappa shape index (κ3) is 4.18. The van der Waals surface area contributed by atoms with Crippen molar-refractivity contribution < 1.29 is 9.42 Å². The quantitative estimate of drug-likeness (QED) is 0.613. The normalized spacial score (nSPS) is 19.0. The number of aryl methyl sites for hydroxylation is 1. The molecule has 0 radical (unpaired) electrons. The van der Waals surface area contributed by atoms with Crippen LogP contribution in [0.3, 0.4) is 0 Å². The number of fused-ring (bicyclic) bond motifs is 1. The lowest BCUT2D eigenvalue weighted by atomic mass is 10.1. The van der Waals surface area contributed by atoms with Gasteiger partial charge in [0.15, 0.2) is 16.5 Å². The zero-order valence-electron chi connectivity index (χ0n) is 18.0. The number of imidazole rings is 1. The average molecular weight is 444 g/mol. The van der Waals surface area contributed by atoms with Crippen LogP contribution >= 0.6 is 11.3 Å². The van der Waals surface area contributed by atoms with Gasteiger partial charge in [0.25, 0.3) is 5.91 Å². The monoisotopic (exact) mass is 443 g/mol. The standard InChI is InChI=1S/C21H29N7O2S/c1-16-19(24-30-23-16)26-11-9-25(10-12-26)15-17-18(22-21-28(17)13-14-31-21)20(29)27-7-5-3-2-4-6-8-27/h13-14H,2-12,15H2,1H3. The van der Waals surface area contributed by atoms with Crippen LogP contribution in [-0.4, -0.2) is 74.7 Å². The summed E-state index contributed by atoms with van der Waals surface area (Å²) in [5.74, 6) is 0.924. The van der Waals surface area contributed by atoms with Crippen molar-refractivity contribution in [2.45, 2.75) is 45.6 Å². The number of nitrogens with zero attached hydrogens (tertiary/aromatic N) is 7. The van der Waals surface area contributed by atoms with Crippen LogP contribution in [0, 0.1) is 6.92 Å². The second-order valence-electron chi connectivity index (χ2n) is 8.46. The van der Waals surface area contributed by atoms with E-state index in [1.165, 1.54) is 19.3 Å². The molecule has 0 spiro atoms. The number of amides is 1. The van der Waals surface area contributed by atoms with Gasteiger partial charge >= 0.3 is 0 Å². The number of thiazole rings is 1. The summed E-state index contributed by atoms with van der Waals surface area (Å²) in [7, 11) is 0.